The first-order valence-corrected chi connectivity index (χ1v) is 11.7. The zero-order chi connectivity index (χ0) is 21.0. The van der Waals surface area contributed by atoms with Gasteiger partial charge in [-0.05, 0) is 31.2 Å². The summed E-state index contributed by atoms with van der Waals surface area (Å²) >= 11 is 7.31. The maximum Gasteiger partial charge on any atom is 0.243 e. The lowest BCUT2D eigenvalue weighted by Gasteiger charge is -2.34. The molecule has 7 nitrogen and oxygen atoms in total. The number of thioether (sulfide) groups is 1. The number of ketones is 1. The fourth-order valence-corrected chi connectivity index (χ4v) is 5.38. The molecule has 0 unspecified atom stereocenters. The summed E-state index contributed by atoms with van der Waals surface area (Å²) in [6.45, 7) is 2.51. The van der Waals surface area contributed by atoms with Crippen LogP contribution in [0.2, 0.25) is 5.02 Å². The summed E-state index contributed by atoms with van der Waals surface area (Å²) in [5.41, 5.74) is 0.463. The van der Waals surface area contributed by atoms with Crippen molar-refractivity contribution >= 4 is 45.1 Å². The highest BCUT2D eigenvalue weighted by molar-refractivity contribution is 8.00. The lowest BCUT2D eigenvalue weighted by molar-refractivity contribution is -0.129. The van der Waals surface area contributed by atoms with Crippen molar-refractivity contribution in [3.8, 4) is 0 Å². The Morgan fingerprint density at radius 3 is 2.34 bits per heavy atom. The van der Waals surface area contributed by atoms with E-state index in [-0.39, 0.29) is 35.4 Å². The third-order valence-electron chi connectivity index (χ3n) is 4.55. The van der Waals surface area contributed by atoms with Crippen LogP contribution in [-0.4, -0.2) is 66.2 Å². The van der Waals surface area contributed by atoms with Gasteiger partial charge < -0.3 is 4.90 Å². The Morgan fingerprint density at radius 2 is 1.76 bits per heavy atom. The van der Waals surface area contributed by atoms with Crippen molar-refractivity contribution in [1.82, 2.24) is 14.2 Å². The molecule has 1 aromatic carbocycles. The van der Waals surface area contributed by atoms with E-state index in [4.69, 9.17) is 11.6 Å². The molecule has 0 N–H and O–H groups in total. The smallest absolute Gasteiger partial charge is 0.243 e. The normalized spacial score (nSPS) is 15.3. The summed E-state index contributed by atoms with van der Waals surface area (Å²) < 4.78 is 27.0. The van der Waals surface area contributed by atoms with Gasteiger partial charge in [0.25, 0.3) is 0 Å². The van der Waals surface area contributed by atoms with Crippen LogP contribution in [-0.2, 0) is 14.8 Å². The van der Waals surface area contributed by atoms with Gasteiger partial charge in [-0.3, -0.25) is 9.59 Å². The van der Waals surface area contributed by atoms with E-state index in [9.17, 15) is 18.0 Å². The standard InChI is InChI=1S/C19H20ClN3O4S2/c1-14(24)15-4-6-16(7-5-15)29(26,27)23-11-9-22(10-12-23)18(25)13-28-19-17(20)3-2-8-21-19/h2-8H,9-13H2,1H3. The second-order valence-electron chi connectivity index (χ2n) is 6.44. The second-order valence-corrected chi connectivity index (χ2v) is 9.75. The molecule has 154 valence electrons. The van der Waals surface area contributed by atoms with E-state index in [0.717, 1.165) is 0 Å². The highest BCUT2D eigenvalue weighted by Gasteiger charge is 2.30. The lowest BCUT2D eigenvalue weighted by Crippen LogP contribution is -2.50. The van der Waals surface area contributed by atoms with E-state index in [1.54, 1.807) is 23.2 Å². The molecule has 10 heteroatoms. The molecule has 0 atom stereocenters. The van der Waals surface area contributed by atoms with Gasteiger partial charge in [0.05, 0.1) is 15.7 Å². The zero-order valence-electron chi connectivity index (χ0n) is 15.7. The fraction of sp³-hybridized carbons (Fsp3) is 0.316. The van der Waals surface area contributed by atoms with E-state index in [1.807, 2.05) is 0 Å². The van der Waals surface area contributed by atoms with Gasteiger partial charge in [-0.2, -0.15) is 4.31 Å². The Kier molecular flexibility index (Phi) is 6.94. The molecule has 1 aliphatic rings. The number of piperazine rings is 1. The number of pyridine rings is 1. The first-order valence-electron chi connectivity index (χ1n) is 8.91. The number of Topliss-reactive ketones (excluding diaryl/α,β-unsaturated/α-hetero) is 1. The van der Waals surface area contributed by atoms with Gasteiger partial charge in [-0.15, -0.1) is 0 Å². The molecule has 29 heavy (non-hydrogen) atoms. The largest absolute Gasteiger partial charge is 0.339 e. The maximum absolute atomic E-state index is 12.8. The average molecular weight is 454 g/mol. The van der Waals surface area contributed by atoms with Crippen molar-refractivity contribution in [2.24, 2.45) is 0 Å². The SMILES string of the molecule is CC(=O)c1ccc(S(=O)(=O)N2CCN(C(=O)CSc3ncccc3Cl)CC2)cc1. The summed E-state index contributed by atoms with van der Waals surface area (Å²) in [6, 6.07) is 9.34. The predicted molar refractivity (Wildman–Crippen MR) is 112 cm³/mol. The zero-order valence-corrected chi connectivity index (χ0v) is 18.1. The third kappa shape index (κ3) is 5.16. The van der Waals surface area contributed by atoms with E-state index in [0.29, 0.717) is 28.7 Å². The van der Waals surface area contributed by atoms with Crippen LogP contribution in [0, 0.1) is 0 Å². The molecule has 0 bridgehead atoms. The maximum atomic E-state index is 12.8. The van der Waals surface area contributed by atoms with Gasteiger partial charge >= 0.3 is 0 Å². The highest BCUT2D eigenvalue weighted by atomic mass is 35.5. The van der Waals surface area contributed by atoms with Gasteiger partial charge in [-0.1, -0.05) is 35.5 Å². The number of aromatic nitrogens is 1. The highest BCUT2D eigenvalue weighted by Crippen LogP contribution is 2.25. The van der Waals surface area contributed by atoms with Crippen LogP contribution in [0.1, 0.15) is 17.3 Å². The van der Waals surface area contributed by atoms with E-state index < -0.39 is 10.0 Å². The van der Waals surface area contributed by atoms with E-state index in [1.165, 1.54) is 47.3 Å². The molecule has 1 amide bonds. The number of hydrogen-bond acceptors (Lipinski definition) is 6. The Bertz CT molecular complexity index is 1000. The van der Waals surface area contributed by atoms with Crippen molar-refractivity contribution in [3.63, 3.8) is 0 Å². The summed E-state index contributed by atoms with van der Waals surface area (Å²) in [4.78, 5) is 29.7. The number of carbonyl (C=O) groups is 2. The molecule has 0 radical (unpaired) electrons. The van der Waals surface area contributed by atoms with Crippen LogP contribution in [0.4, 0.5) is 0 Å². The number of rotatable bonds is 6. The van der Waals surface area contributed by atoms with Crippen molar-refractivity contribution in [2.75, 3.05) is 31.9 Å². The van der Waals surface area contributed by atoms with Crippen LogP contribution in [0.5, 0.6) is 0 Å². The summed E-state index contributed by atoms with van der Waals surface area (Å²) in [7, 11) is -3.66. The van der Waals surface area contributed by atoms with Crippen LogP contribution in [0.15, 0.2) is 52.5 Å². The number of benzene rings is 1. The number of sulfonamides is 1. The summed E-state index contributed by atoms with van der Waals surface area (Å²) in [5.74, 6) is -0.0128. The topological polar surface area (TPSA) is 87.7 Å². The van der Waals surface area contributed by atoms with Crippen molar-refractivity contribution in [3.05, 3.63) is 53.2 Å². The Labute approximate surface area is 179 Å². The minimum atomic E-state index is -3.66. The number of hydrogen-bond donors (Lipinski definition) is 0. The number of amides is 1. The Morgan fingerprint density at radius 1 is 1.10 bits per heavy atom. The van der Waals surface area contributed by atoms with Gasteiger partial charge in [0, 0.05) is 37.9 Å². The monoisotopic (exact) mass is 453 g/mol. The molecule has 2 heterocycles. The number of nitrogens with zero attached hydrogens (tertiary/aromatic N) is 3. The van der Waals surface area contributed by atoms with E-state index in [2.05, 4.69) is 4.98 Å². The van der Waals surface area contributed by atoms with Crippen molar-refractivity contribution < 1.29 is 18.0 Å². The predicted octanol–water partition coefficient (Wildman–Crippen LogP) is 2.56. The second kappa shape index (κ2) is 9.25. The van der Waals surface area contributed by atoms with Gasteiger partial charge in [0.15, 0.2) is 5.78 Å². The first-order chi connectivity index (χ1) is 13.8. The Hall–Kier alpha value is -1.94. The molecule has 1 aromatic heterocycles. The lowest BCUT2D eigenvalue weighted by atomic mass is 10.2. The van der Waals surface area contributed by atoms with Crippen LogP contribution in [0.3, 0.4) is 0 Å². The quantitative estimate of drug-likeness (QED) is 0.493. The van der Waals surface area contributed by atoms with Crippen molar-refractivity contribution in [2.45, 2.75) is 16.8 Å². The molecule has 0 saturated carbocycles. The van der Waals surface area contributed by atoms with Crippen LogP contribution >= 0.6 is 23.4 Å². The van der Waals surface area contributed by atoms with Gasteiger partial charge in [0.1, 0.15) is 5.03 Å². The molecule has 0 spiro atoms. The molecule has 1 aliphatic heterocycles. The Balaban J connectivity index is 1.57. The van der Waals surface area contributed by atoms with Gasteiger partial charge in [-0.25, -0.2) is 13.4 Å². The molecule has 0 aliphatic carbocycles. The summed E-state index contributed by atoms with van der Waals surface area (Å²) in [6.07, 6.45) is 1.62. The molecular formula is C19H20ClN3O4S2. The molecule has 2 aromatic rings. The molecular weight excluding hydrogens is 434 g/mol. The molecule has 1 fully saturated rings. The minimum Gasteiger partial charge on any atom is -0.339 e. The third-order valence-corrected chi connectivity index (χ3v) is 7.87. The van der Waals surface area contributed by atoms with Crippen LogP contribution < -0.4 is 0 Å². The molecule has 1 saturated heterocycles. The minimum absolute atomic E-state index is 0.0837. The van der Waals surface area contributed by atoms with Gasteiger partial charge in [0.2, 0.25) is 15.9 Å². The molecule has 3 rings (SSSR count). The van der Waals surface area contributed by atoms with Crippen LogP contribution in [0.25, 0.3) is 0 Å². The average Bonchev–Trinajstić information content (AvgIpc) is 2.73. The number of halogens is 1. The van der Waals surface area contributed by atoms with Crippen molar-refractivity contribution in [1.29, 1.82) is 0 Å². The fourth-order valence-electron chi connectivity index (χ4n) is 2.89. The number of carbonyl (C=O) groups excluding carboxylic acids is 2. The summed E-state index contributed by atoms with van der Waals surface area (Å²) in [5, 5.41) is 1.09. The van der Waals surface area contributed by atoms with E-state index >= 15 is 0 Å². The first kappa shape index (κ1) is 21.8.